The summed E-state index contributed by atoms with van der Waals surface area (Å²) < 4.78 is 5.35. The first-order valence-corrected chi connectivity index (χ1v) is 10.3. The molecule has 0 radical (unpaired) electrons. The minimum absolute atomic E-state index is 0.0162. The Hall–Kier alpha value is -3.34. The zero-order valence-corrected chi connectivity index (χ0v) is 17.8. The number of aromatic amines is 1. The molecule has 1 saturated heterocycles. The molecule has 1 unspecified atom stereocenters. The van der Waals surface area contributed by atoms with Crippen LogP contribution in [0.1, 0.15) is 23.0 Å². The molecule has 7 nitrogen and oxygen atoms in total. The summed E-state index contributed by atoms with van der Waals surface area (Å²) in [6, 6.07) is 14.9. The van der Waals surface area contributed by atoms with Crippen LogP contribution in [0, 0.1) is 11.3 Å². The maximum atomic E-state index is 13.0. The molecule has 1 fully saturated rings. The van der Waals surface area contributed by atoms with E-state index in [2.05, 4.69) is 20.9 Å². The Morgan fingerprint density at radius 1 is 1.29 bits per heavy atom. The molecule has 1 aromatic heterocycles. The maximum Gasteiger partial charge on any atom is 0.241 e. The Morgan fingerprint density at radius 2 is 2.16 bits per heavy atom. The zero-order valence-electron chi connectivity index (χ0n) is 17.1. The molecule has 1 amide bonds. The number of anilines is 1. The molecule has 1 aliphatic rings. The van der Waals surface area contributed by atoms with Crippen molar-refractivity contribution in [3.63, 3.8) is 0 Å². The van der Waals surface area contributed by atoms with Crippen molar-refractivity contribution in [3.8, 4) is 11.8 Å². The van der Waals surface area contributed by atoms with E-state index in [1.807, 2.05) is 30.3 Å². The van der Waals surface area contributed by atoms with Gasteiger partial charge < -0.3 is 14.6 Å². The highest BCUT2D eigenvalue weighted by molar-refractivity contribution is 6.30. The molecule has 0 spiro atoms. The molecule has 2 aromatic carbocycles. The molecule has 3 aromatic rings. The van der Waals surface area contributed by atoms with Gasteiger partial charge >= 0.3 is 0 Å². The fraction of sp³-hybridized carbons (Fsp3) is 0.261. The first-order valence-electron chi connectivity index (χ1n) is 9.95. The van der Waals surface area contributed by atoms with Crippen molar-refractivity contribution in [1.82, 2.24) is 14.9 Å². The highest BCUT2D eigenvalue weighted by Gasteiger charge is 2.32. The van der Waals surface area contributed by atoms with Gasteiger partial charge in [-0.1, -0.05) is 23.7 Å². The minimum Gasteiger partial charge on any atom is -0.495 e. The summed E-state index contributed by atoms with van der Waals surface area (Å²) in [5.41, 5.74) is 2.30. The van der Waals surface area contributed by atoms with E-state index in [9.17, 15) is 10.1 Å². The number of H-pyrrole nitrogens is 1. The number of carbonyl (C=O) groups is 1. The van der Waals surface area contributed by atoms with Crippen molar-refractivity contribution in [2.75, 3.05) is 31.6 Å². The lowest BCUT2D eigenvalue weighted by Gasteiger charge is -2.38. The topological polar surface area (TPSA) is 85.2 Å². The lowest BCUT2D eigenvalue weighted by atomic mass is 10.0. The van der Waals surface area contributed by atoms with Gasteiger partial charge in [0.05, 0.1) is 25.3 Å². The second-order valence-electron chi connectivity index (χ2n) is 7.34. The lowest BCUT2D eigenvalue weighted by Crippen LogP contribution is -2.52. The van der Waals surface area contributed by atoms with E-state index < -0.39 is 0 Å². The van der Waals surface area contributed by atoms with E-state index in [-0.39, 0.29) is 18.5 Å². The number of nitriles is 1. The van der Waals surface area contributed by atoms with Gasteiger partial charge in [-0.25, -0.2) is 4.98 Å². The largest absolute Gasteiger partial charge is 0.495 e. The average Bonchev–Trinajstić information content (AvgIpc) is 3.31. The van der Waals surface area contributed by atoms with Crippen molar-refractivity contribution >= 4 is 23.2 Å². The van der Waals surface area contributed by atoms with Gasteiger partial charge in [-0.15, -0.1) is 0 Å². The maximum absolute atomic E-state index is 13.0. The van der Waals surface area contributed by atoms with Crippen molar-refractivity contribution in [2.45, 2.75) is 12.5 Å². The highest BCUT2D eigenvalue weighted by atomic mass is 35.5. The molecule has 0 bridgehead atoms. The molecule has 1 aliphatic heterocycles. The van der Waals surface area contributed by atoms with Crippen molar-refractivity contribution in [3.05, 3.63) is 76.8 Å². The molecule has 2 heterocycles. The normalized spacial score (nSPS) is 15.5. The summed E-state index contributed by atoms with van der Waals surface area (Å²) in [5, 5.41) is 9.85. The molecule has 0 aliphatic carbocycles. The summed E-state index contributed by atoms with van der Waals surface area (Å²) >= 11 is 6.10. The zero-order chi connectivity index (χ0) is 21.8. The second-order valence-corrected chi connectivity index (χ2v) is 7.77. The number of piperazine rings is 1. The molecular formula is C23H22ClN5O2. The van der Waals surface area contributed by atoms with E-state index in [4.69, 9.17) is 16.3 Å². The predicted octanol–water partition coefficient (Wildman–Crippen LogP) is 3.58. The van der Waals surface area contributed by atoms with Crippen LogP contribution in [-0.4, -0.2) is 47.5 Å². The number of methoxy groups -OCH3 is 1. The van der Waals surface area contributed by atoms with Gasteiger partial charge in [0.1, 0.15) is 17.6 Å². The summed E-state index contributed by atoms with van der Waals surface area (Å²) in [6.45, 7) is 1.52. The van der Waals surface area contributed by atoms with Crippen molar-refractivity contribution in [2.24, 2.45) is 0 Å². The smallest absolute Gasteiger partial charge is 0.241 e. The van der Waals surface area contributed by atoms with Crippen LogP contribution in [-0.2, 0) is 11.2 Å². The van der Waals surface area contributed by atoms with E-state index >= 15 is 0 Å². The van der Waals surface area contributed by atoms with Crippen LogP contribution in [0.5, 0.6) is 5.75 Å². The number of nitrogens with one attached hydrogen (secondary N) is 1. The third kappa shape index (κ3) is 4.55. The average molecular weight is 436 g/mol. The number of nitrogens with zero attached hydrogens (tertiary/aromatic N) is 4. The van der Waals surface area contributed by atoms with Crippen molar-refractivity contribution in [1.29, 1.82) is 5.26 Å². The van der Waals surface area contributed by atoms with E-state index in [1.54, 1.807) is 36.5 Å². The standard InChI is InChI=1S/C23H22ClN5O2/c1-31-21-12-16(5-6-17(21)14-25)11-20(23-26-7-8-27-23)28-9-10-29(22(30)15-28)19-4-2-3-18(24)13-19/h2-8,12-13,20H,9-11,15H2,1H3,(H,26,27). The lowest BCUT2D eigenvalue weighted by molar-refractivity contribution is -0.122. The van der Waals surface area contributed by atoms with E-state index in [0.717, 1.165) is 17.1 Å². The van der Waals surface area contributed by atoms with E-state index in [1.165, 1.54) is 0 Å². The van der Waals surface area contributed by atoms with Crippen LogP contribution in [0.15, 0.2) is 54.9 Å². The highest BCUT2D eigenvalue weighted by Crippen LogP contribution is 2.29. The monoisotopic (exact) mass is 435 g/mol. The predicted molar refractivity (Wildman–Crippen MR) is 118 cm³/mol. The van der Waals surface area contributed by atoms with Crippen LogP contribution in [0.4, 0.5) is 5.69 Å². The summed E-state index contributed by atoms with van der Waals surface area (Å²) in [6.07, 6.45) is 4.12. The molecular weight excluding hydrogens is 414 g/mol. The Bertz CT molecular complexity index is 1110. The number of hydrogen-bond acceptors (Lipinski definition) is 5. The number of ether oxygens (including phenoxy) is 1. The number of hydrogen-bond donors (Lipinski definition) is 1. The van der Waals surface area contributed by atoms with Gasteiger partial charge in [0.25, 0.3) is 0 Å². The fourth-order valence-corrected chi connectivity index (χ4v) is 4.10. The van der Waals surface area contributed by atoms with E-state index in [0.29, 0.717) is 35.8 Å². The number of rotatable bonds is 6. The molecule has 158 valence electrons. The number of imidazole rings is 1. The summed E-state index contributed by atoms with van der Waals surface area (Å²) in [7, 11) is 1.55. The van der Waals surface area contributed by atoms with Gasteiger partial charge in [0.15, 0.2) is 0 Å². The number of amides is 1. The first-order chi connectivity index (χ1) is 15.1. The quantitative estimate of drug-likeness (QED) is 0.639. The Kier molecular flexibility index (Phi) is 6.21. The van der Waals surface area contributed by atoms with Gasteiger partial charge in [-0.05, 0) is 42.3 Å². The SMILES string of the molecule is COc1cc(CC(c2ncc[nH]2)N2CCN(c3cccc(Cl)c3)C(=O)C2)ccc1C#N. The van der Waals surface area contributed by atoms with Crippen molar-refractivity contribution < 1.29 is 9.53 Å². The van der Waals surface area contributed by atoms with Crippen LogP contribution >= 0.6 is 11.6 Å². The molecule has 0 saturated carbocycles. The number of carbonyl (C=O) groups excluding carboxylic acids is 1. The van der Waals surface area contributed by atoms with Crippen LogP contribution in [0.2, 0.25) is 5.02 Å². The first kappa shape index (κ1) is 20.9. The summed E-state index contributed by atoms with van der Waals surface area (Å²) in [4.78, 5) is 24.5. The Balaban J connectivity index is 1.56. The van der Waals surface area contributed by atoms with Gasteiger partial charge in [-0.2, -0.15) is 5.26 Å². The third-order valence-corrected chi connectivity index (χ3v) is 5.70. The second kappa shape index (κ2) is 9.21. The van der Waals surface area contributed by atoms with Gasteiger partial charge in [-0.3, -0.25) is 9.69 Å². The van der Waals surface area contributed by atoms with Gasteiger partial charge in [0, 0.05) is 36.2 Å². The number of benzene rings is 2. The molecule has 1 atom stereocenters. The van der Waals surface area contributed by atoms with Crippen LogP contribution in [0.3, 0.4) is 0 Å². The molecule has 4 rings (SSSR count). The number of aromatic nitrogens is 2. The summed E-state index contributed by atoms with van der Waals surface area (Å²) in [5.74, 6) is 1.36. The molecule has 31 heavy (non-hydrogen) atoms. The Labute approximate surface area is 185 Å². The van der Waals surface area contributed by atoms with Crippen LogP contribution < -0.4 is 9.64 Å². The Morgan fingerprint density at radius 3 is 2.84 bits per heavy atom. The molecule has 8 heteroatoms. The molecule has 1 N–H and O–H groups in total. The number of halogens is 1. The van der Waals surface area contributed by atoms with Gasteiger partial charge in [0.2, 0.25) is 5.91 Å². The fourth-order valence-electron chi connectivity index (χ4n) is 3.91. The minimum atomic E-state index is -0.113. The third-order valence-electron chi connectivity index (χ3n) is 5.46. The van der Waals surface area contributed by atoms with Crippen LogP contribution in [0.25, 0.3) is 0 Å².